The lowest BCUT2D eigenvalue weighted by Crippen LogP contribution is -1.96. The first kappa shape index (κ1) is 11.9. The summed E-state index contributed by atoms with van der Waals surface area (Å²) in [5.41, 5.74) is 7.09. The molecule has 0 unspecified atom stereocenters. The smallest absolute Gasteiger partial charge is 0.0149 e. The first-order valence-electron chi connectivity index (χ1n) is 6.38. The third-order valence-corrected chi connectivity index (χ3v) is 3.45. The predicted molar refractivity (Wildman–Crippen MR) is 75.3 cm³/mol. The van der Waals surface area contributed by atoms with Crippen molar-refractivity contribution in [3.05, 3.63) is 59.2 Å². The molecule has 17 heavy (non-hydrogen) atoms. The van der Waals surface area contributed by atoms with Gasteiger partial charge in [0.1, 0.15) is 0 Å². The Labute approximate surface area is 104 Å². The molecule has 0 heterocycles. The lowest BCUT2D eigenvalue weighted by molar-refractivity contribution is 0.912. The molecular formula is C17H20. The van der Waals surface area contributed by atoms with Crippen LogP contribution in [0.15, 0.2) is 42.5 Å². The van der Waals surface area contributed by atoms with Crippen molar-refractivity contribution in [1.82, 2.24) is 0 Å². The van der Waals surface area contributed by atoms with Gasteiger partial charge in [-0.3, -0.25) is 0 Å². The molecule has 0 aliphatic carbocycles. The van der Waals surface area contributed by atoms with Crippen molar-refractivity contribution in [2.45, 2.75) is 33.6 Å². The quantitative estimate of drug-likeness (QED) is 0.694. The molecule has 0 bridgehead atoms. The van der Waals surface area contributed by atoms with Crippen molar-refractivity contribution in [2.75, 3.05) is 0 Å². The predicted octanol–water partition coefficient (Wildman–Crippen LogP) is 4.92. The second kappa shape index (κ2) is 5.18. The van der Waals surface area contributed by atoms with E-state index in [2.05, 4.69) is 63.2 Å². The van der Waals surface area contributed by atoms with Crippen LogP contribution in [0.5, 0.6) is 0 Å². The highest BCUT2D eigenvalue weighted by Gasteiger charge is 2.08. The highest BCUT2D eigenvalue weighted by atomic mass is 14.1. The third-order valence-electron chi connectivity index (χ3n) is 3.45. The summed E-state index contributed by atoms with van der Waals surface area (Å²) in [6, 6.07) is 15.2. The molecule has 0 aliphatic rings. The lowest BCUT2D eigenvalue weighted by atomic mass is 9.91. The molecule has 2 aromatic rings. The van der Waals surface area contributed by atoms with Crippen molar-refractivity contribution in [1.29, 1.82) is 0 Å². The first-order chi connectivity index (χ1) is 8.24. The van der Waals surface area contributed by atoms with E-state index in [-0.39, 0.29) is 0 Å². The van der Waals surface area contributed by atoms with Gasteiger partial charge in [0.2, 0.25) is 0 Å². The average Bonchev–Trinajstić information content (AvgIpc) is 2.36. The molecule has 0 aliphatic heterocycles. The van der Waals surface area contributed by atoms with Crippen molar-refractivity contribution in [2.24, 2.45) is 0 Å². The topological polar surface area (TPSA) is 0 Å². The van der Waals surface area contributed by atoms with Crippen LogP contribution in [0.3, 0.4) is 0 Å². The van der Waals surface area contributed by atoms with Gasteiger partial charge in [0.25, 0.3) is 0 Å². The number of hydrogen-bond donors (Lipinski definition) is 0. The third kappa shape index (κ3) is 2.41. The molecule has 2 aromatic carbocycles. The average molecular weight is 224 g/mol. The molecule has 2 rings (SSSR count). The van der Waals surface area contributed by atoms with E-state index >= 15 is 0 Å². The Morgan fingerprint density at radius 1 is 0.882 bits per heavy atom. The van der Waals surface area contributed by atoms with Gasteiger partial charge in [0, 0.05) is 0 Å². The van der Waals surface area contributed by atoms with E-state index in [1.807, 2.05) is 0 Å². The lowest BCUT2D eigenvalue weighted by Gasteiger charge is -2.14. The van der Waals surface area contributed by atoms with Crippen LogP contribution < -0.4 is 0 Å². The van der Waals surface area contributed by atoms with Crippen molar-refractivity contribution in [3.63, 3.8) is 0 Å². The zero-order chi connectivity index (χ0) is 12.3. The van der Waals surface area contributed by atoms with Crippen LogP contribution >= 0.6 is 0 Å². The Bertz CT molecular complexity index is 495. The standard InChI is InChI=1S/C17H20/c1-4-8-16-14(3)13(2)11-12-17(16)15-9-6-5-7-10-15/h5-7,9-12H,4,8H2,1-3H3. The van der Waals surface area contributed by atoms with Crippen molar-refractivity contribution < 1.29 is 0 Å². The van der Waals surface area contributed by atoms with Gasteiger partial charge in [0.05, 0.1) is 0 Å². The zero-order valence-electron chi connectivity index (χ0n) is 11.0. The van der Waals surface area contributed by atoms with Gasteiger partial charge >= 0.3 is 0 Å². The molecule has 0 atom stereocenters. The fourth-order valence-electron chi connectivity index (χ4n) is 2.33. The van der Waals surface area contributed by atoms with Crippen LogP contribution in [-0.2, 0) is 6.42 Å². The van der Waals surface area contributed by atoms with Crippen LogP contribution in [-0.4, -0.2) is 0 Å². The van der Waals surface area contributed by atoms with Crippen LogP contribution in [0.25, 0.3) is 11.1 Å². The Morgan fingerprint density at radius 2 is 1.59 bits per heavy atom. The Morgan fingerprint density at radius 3 is 2.24 bits per heavy atom. The molecule has 0 radical (unpaired) electrons. The van der Waals surface area contributed by atoms with Crippen molar-refractivity contribution in [3.8, 4) is 11.1 Å². The van der Waals surface area contributed by atoms with Gasteiger partial charge < -0.3 is 0 Å². The van der Waals surface area contributed by atoms with E-state index < -0.39 is 0 Å². The molecule has 0 N–H and O–H groups in total. The SMILES string of the molecule is CCCc1c(-c2ccccc2)ccc(C)c1C. The second-order valence-electron chi connectivity index (χ2n) is 4.65. The highest BCUT2D eigenvalue weighted by Crippen LogP contribution is 2.28. The summed E-state index contributed by atoms with van der Waals surface area (Å²) in [5, 5.41) is 0. The Hall–Kier alpha value is -1.56. The van der Waals surface area contributed by atoms with Gasteiger partial charge in [-0.05, 0) is 48.1 Å². The molecule has 0 saturated carbocycles. The van der Waals surface area contributed by atoms with Gasteiger partial charge in [0.15, 0.2) is 0 Å². The molecule has 0 fully saturated rings. The maximum Gasteiger partial charge on any atom is -0.0149 e. The van der Waals surface area contributed by atoms with E-state index in [0.717, 1.165) is 6.42 Å². The molecular weight excluding hydrogens is 204 g/mol. The molecule has 0 heteroatoms. The minimum atomic E-state index is 1.16. The van der Waals surface area contributed by atoms with E-state index in [4.69, 9.17) is 0 Å². The zero-order valence-corrected chi connectivity index (χ0v) is 11.0. The summed E-state index contributed by atoms with van der Waals surface area (Å²) in [5.74, 6) is 0. The molecule has 0 amide bonds. The van der Waals surface area contributed by atoms with Crippen LogP contribution in [0.1, 0.15) is 30.0 Å². The summed E-state index contributed by atoms with van der Waals surface area (Å²) >= 11 is 0. The molecule has 0 spiro atoms. The number of aryl methyl sites for hydroxylation is 1. The van der Waals surface area contributed by atoms with E-state index in [1.165, 1.54) is 34.2 Å². The summed E-state index contributed by atoms with van der Waals surface area (Å²) in [6.45, 7) is 6.69. The second-order valence-corrected chi connectivity index (χ2v) is 4.65. The summed E-state index contributed by atoms with van der Waals surface area (Å²) < 4.78 is 0. The minimum absolute atomic E-state index is 1.16. The fourth-order valence-corrected chi connectivity index (χ4v) is 2.33. The van der Waals surface area contributed by atoms with E-state index in [9.17, 15) is 0 Å². The van der Waals surface area contributed by atoms with Gasteiger partial charge in [-0.2, -0.15) is 0 Å². The number of benzene rings is 2. The Kier molecular flexibility index (Phi) is 3.63. The maximum atomic E-state index is 2.27. The van der Waals surface area contributed by atoms with Crippen LogP contribution in [0.2, 0.25) is 0 Å². The van der Waals surface area contributed by atoms with Gasteiger partial charge in [-0.15, -0.1) is 0 Å². The Balaban J connectivity index is 2.58. The van der Waals surface area contributed by atoms with Gasteiger partial charge in [-0.1, -0.05) is 55.8 Å². The molecule has 0 saturated heterocycles. The molecule has 0 aromatic heterocycles. The number of rotatable bonds is 3. The fraction of sp³-hybridized carbons (Fsp3) is 0.294. The minimum Gasteiger partial charge on any atom is -0.0651 e. The normalized spacial score (nSPS) is 10.5. The summed E-state index contributed by atoms with van der Waals surface area (Å²) in [4.78, 5) is 0. The van der Waals surface area contributed by atoms with E-state index in [0.29, 0.717) is 0 Å². The largest absolute Gasteiger partial charge is 0.0651 e. The van der Waals surface area contributed by atoms with Crippen molar-refractivity contribution >= 4 is 0 Å². The van der Waals surface area contributed by atoms with Crippen LogP contribution in [0.4, 0.5) is 0 Å². The summed E-state index contributed by atoms with van der Waals surface area (Å²) in [7, 11) is 0. The van der Waals surface area contributed by atoms with Crippen LogP contribution in [0, 0.1) is 13.8 Å². The van der Waals surface area contributed by atoms with E-state index in [1.54, 1.807) is 0 Å². The number of hydrogen-bond acceptors (Lipinski definition) is 0. The summed E-state index contributed by atoms with van der Waals surface area (Å²) in [6.07, 6.45) is 2.36. The maximum absolute atomic E-state index is 2.27. The first-order valence-corrected chi connectivity index (χ1v) is 6.38. The van der Waals surface area contributed by atoms with Gasteiger partial charge in [-0.25, -0.2) is 0 Å². The highest BCUT2D eigenvalue weighted by molar-refractivity contribution is 5.69. The monoisotopic (exact) mass is 224 g/mol. The molecule has 88 valence electrons. The molecule has 0 nitrogen and oxygen atoms in total.